The van der Waals surface area contributed by atoms with Crippen molar-refractivity contribution in [1.29, 1.82) is 0 Å². The summed E-state index contributed by atoms with van der Waals surface area (Å²) in [5, 5.41) is 3.54. The normalized spacial score (nSPS) is 15.1. The van der Waals surface area contributed by atoms with Crippen LogP contribution >= 0.6 is 0 Å². The Morgan fingerprint density at radius 2 is 2.00 bits per heavy atom. The number of benzene rings is 1. The third kappa shape index (κ3) is 3.47. The monoisotopic (exact) mass is 232 g/mol. The van der Waals surface area contributed by atoms with Gasteiger partial charge in [0.05, 0.1) is 0 Å². The van der Waals surface area contributed by atoms with Crippen LogP contribution in [0, 0.1) is 0 Å². The van der Waals surface area contributed by atoms with Crippen molar-refractivity contribution in [3.8, 4) is 0 Å². The summed E-state index contributed by atoms with van der Waals surface area (Å²) in [5.74, 6) is 0. The summed E-state index contributed by atoms with van der Waals surface area (Å²) in [6, 6.07) is 8.79. The summed E-state index contributed by atoms with van der Waals surface area (Å²) in [7, 11) is 0. The molecule has 0 spiro atoms. The van der Waals surface area contributed by atoms with Crippen molar-refractivity contribution in [1.82, 2.24) is 5.32 Å². The van der Waals surface area contributed by atoms with Gasteiger partial charge in [-0.05, 0) is 51.8 Å². The molecule has 0 aromatic heterocycles. The standard InChI is InChI=1S/C15H24N2/c1-15(2,3)16-10-6-11-17-12-9-13-7-4-5-8-14(13)17/h4-5,7-8,16H,6,9-12H2,1-3H3. The first kappa shape index (κ1) is 12.4. The molecule has 2 heteroatoms. The van der Waals surface area contributed by atoms with E-state index in [0.29, 0.717) is 0 Å². The lowest BCUT2D eigenvalue weighted by atomic mass is 10.1. The molecule has 0 saturated carbocycles. The molecule has 0 unspecified atom stereocenters. The van der Waals surface area contributed by atoms with Crippen molar-refractivity contribution in [2.45, 2.75) is 39.2 Å². The fourth-order valence-electron chi connectivity index (χ4n) is 2.37. The van der Waals surface area contributed by atoms with Gasteiger partial charge in [-0.2, -0.15) is 0 Å². The smallest absolute Gasteiger partial charge is 0.0399 e. The second-order valence-electron chi connectivity index (χ2n) is 5.90. The lowest BCUT2D eigenvalue weighted by molar-refractivity contribution is 0.422. The van der Waals surface area contributed by atoms with Crippen molar-refractivity contribution in [2.24, 2.45) is 0 Å². The summed E-state index contributed by atoms with van der Waals surface area (Å²) in [6.45, 7) is 10.1. The SMILES string of the molecule is CC(C)(C)NCCCN1CCc2ccccc21. The van der Waals surface area contributed by atoms with Gasteiger partial charge in [-0.25, -0.2) is 0 Å². The lowest BCUT2D eigenvalue weighted by Crippen LogP contribution is -2.37. The van der Waals surface area contributed by atoms with Crippen molar-refractivity contribution in [2.75, 3.05) is 24.5 Å². The highest BCUT2D eigenvalue weighted by molar-refractivity contribution is 5.57. The van der Waals surface area contributed by atoms with Crippen LogP contribution in [0.25, 0.3) is 0 Å². The second kappa shape index (κ2) is 5.09. The van der Waals surface area contributed by atoms with Crippen LogP contribution in [0.3, 0.4) is 0 Å². The van der Waals surface area contributed by atoms with Gasteiger partial charge in [-0.3, -0.25) is 0 Å². The van der Waals surface area contributed by atoms with E-state index in [-0.39, 0.29) is 5.54 Å². The van der Waals surface area contributed by atoms with Crippen LogP contribution in [-0.2, 0) is 6.42 Å². The van der Waals surface area contributed by atoms with E-state index in [1.165, 1.54) is 37.2 Å². The van der Waals surface area contributed by atoms with Crippen LogP contribution in [0.4, 0.5) is 5.69 Å². The average molecular weight is 232 g/mol. The van der Waals surface area contributed by atoms with Crippen molar-refractivity contribution >= 4 is 5.69 Å². The molecule has 1 heterocycles. The summed E-state index contributed by atoms with van der Waals surface area (Å²) in [6.07, 6.45) is 2.43. The molecule has 2 rings (SSSR count). The van der Waals surface area contributed by atoms with Crippen LogP contribution in [0.2, 0.25) is 0 Å². The number of fused-ring (bicyclic) bond motifs is 1. The highest BCUT2D eigenvalue weighted by atomic mass is 15.1. The van der Waals surface area contributed by atoms with Gasteiger partial charge in [-0.15, -0.1) is 0 Å². The highest BCUT2D eigenvalue weighted by Gasteiger charge is 2.17. The fourth-order valence-corrected chi connectivity index (χ4v) is 2.37. The zero-order chi connectivity index (χ0) is 12.3. The number of nitrogens with one attached hydrogen (secondary N) is 1. The first-order valence-corrected chi connectivity index (χ1v) is 6.64. The zero-order valence-corrected chi connectivity index (χ0v) is 11.3. The van der Waals surface area contributed by atoms with Gasteiger partial charge in [-0.1, -0.05) is 18.2 Å². The number of hydrogen-bond acceptors (Lipinski definition) is 2. The van der Waals surface area contributed by atoms with Crippen LogP contribution in [0.1, 0.15) is 32.8 Å². The maximum Gasteiger partial charge on any atom is 0.0399 e. The van der Waals surface area contributed by atoms with E-state index in [4.69, 9.17) is 0 Å². The molecule has 0 atom stereocenters. The largest absolute Gasteiger partial charge is 0.371 e. The van der Waals surface area contributed by atoms with Gasteiger partial charge in [0.15, 0.2) is 0 Å². The Morgan fingerprint density at radius 3 is 2.76 bits per heavy atom. The third-order valence-electron chi connectivity index (χ3n) is 3.24. The lowest BCUT2D eigenvalue weighted by Gasteiger charge is -2.23. The first-order chi connectivity index (χ1) is 8.06. The molecule has 1 aromatic rings. The second-order valence-corrected chi connectivity index (χ2v) is 5.90. The molecule has 0 saturated heterocycles. The molecule has 0 radical (unpaired) electrons. The average Bonchev–Trinajstić information content (AvgIpc) is 2.67. The molecule has 1 N–H and O–H groups in total. The molecular formula is C15H24N2. The topological polar surface area (TPSA) is 15.3 Å². The van der Waals surface area contributed by atoms with E-state index in [1.54, 1.807) is 0 Å². The fraction of sp³-hybridized carbons (Fsp3) is 0.600. The van der Waals surface area contributed by atoms with E-state index in [0.717, 1.165) is 6.54 Å². The number of hydrogen-bond donors (Lipinski definition) is 1. The van der Waals surface area contributed by atoms with E-state index < -0.39 is 0 Å². The van der Waals surface area contributed by atoms with Gasteiger partial charge < -0.3 is 10.2 Å². The van der Waals surface area contributed by atoms with Crippen molar-refractivity contribution in [3.63, 3.8) is 0 Å². The third-order valence-corrected chi connectivity index (χ3v) is 3.24. The first-order valence-electron chi connectivity index (χ1n) is 6.64. The van der Waals surface area contributed by atoms with Crippen LogP contribution in [0.15, 0.2) is 24.3 Å². The number of rotatable bonds is 4. The number of anilines is 1. The molecule has 1 aliphatic rings. The molecule has 94 valence electrons. The van der Waals surface area contributed by atoms with Gasteiger partial charge in [0.1, 0.15) is 0 Å². The Labute approximate surface area is 105 Å². The summed E-state index contributed by atoms with van der Waals surface area (Å²) < 4.78 is 0. The molecule has 17 heavy (non-hydrogen) atoms. The van der Waals surface area contributed by atoms with Crippen LogP contribution in [0.5, 0.6) is 0 Å². The Bertz CT molecular complexity index is 365. The molecule has 1 aliphatic heterocycles. The van der Waals surface area contributed by atoms with Gasteiger partial charge in [0.25, 0.3) is 0 Å². The molecule has 0 amide bonds. The minimum Gasteiger partial charge on any atom is -0.371 e. The van der Waals surface area contributed by atoms with Crippen molar-refractivity contribution in [3.05, 3.63) is 29.8 Å². The Hall–Kier alpha value is -1.02. The molecular weight excluding hydrogens is 208 g/mol. The van der Waals surface area contributed by atoms with Crippen LogP contribution < -0.4 is 10.2 Å². The predicted octanol–water partition coefficient (Wildman–Crippen LogP) is 2.83. The molecule has 0 aliphatic carbocycles. The van der Waals surface area contributed by atoms with E-state index in [2.05, 4.69) is 55.3 Å². The molecule has 0 bridgehead atoms. The summed E-state index contributed by atoms with van der Waals surface area (Å²) >= 11 is 0. The van der Waals surface area contributed by atoms with Crippen LogP contribution in [-0.4, -0.2) is 25.2 Å². The maximum atomic E-state index is 3.54. The van der Waals surface area contributed by atoms with Gasteiger partial charge in [0, 0.05) is 24.3 Å². The van der Waals surface area contributed by atoms with Gasteiger partial charge >= 0.3 is 0 Å². The highest BCUT2D eigenvalue weighted by Crippen LogP contribution is 2.27. The summed E-state index contributed by atoms with van der Waals surface area (Å²) in [4.78, 5) is 2.51. The minimum absolute atomic E-state index is 0.239. The Balaban J connectivity index is 1.78. The minimum atomic E-state index is 0.239. The van der Waals surface area contributed by atoms with Gasteiger partial charge in [0.2, 0.25) is 0 Å². The van der Waals surface area contributed by atoms with E-state index in [9.17, 15) is 0 Å². The Kier molecular flexibility index (Phi) is 3.72. The van der Waals surface area contributed by atoms with E-state index in [1.807, 2.05) is 0 Å². The molecule has 0 fully saturated rings. The molecule has 1 aromatic carbocycles. The number of nitrogens with zero attached hydrogens (tertiary/aromatic N) is 1. The Morgan fingerprint density at radius 1 is 1.24 bits per heavy atom. The van der Waals surface area contributed by atoms with Crippen molar-refractivity contribution < 1.29 is 0 Å². The van der Waals surface area contributed by atoms with E-state index >= 15 is 0 Å². The number of para-hydroxylation sites is 1. The predicted molar refractivity (Wildman–Crippen MR) is 74.7 cm³/mol. The zero-order valence-electron chi connectivity index (χ0n) is 11.3. The maximum absolute atomic E-state index is 3.54. The quantitative estimate of drug-likeness (QED) is 0.803. The summed E-state index contributed by atoms with van der Waals surface area (Å²) in [5.41, 5.74) is 3.20. The molecule has 2 nitrogen and oxygen atoms in total.